The van der Waals surface area contributed by atoms with Crippen LogP contribution in [0.4, 0.5) is 0 Å². The second-order valence-electron chi connectivity index (χ2n) is 5.13. The highest BCUT2D eigenvalue weighted by atomic mass is 32.1. The Labute approximate surface area is 129 Å². The summed E-state index contributed by atoms with van der Waals surface area (Å²) in [6, 6.07) is 10.8. The number of ether oxygens (including phenoxy) is 2. The lowest BCUT2D eigenvalue weighted by atomic mass is 10.1. The van der Waals surface area contributed by atoms with Gasteiger partial charge in [0.05, 0.1) is 6.04 Å². The van der Waals surface area contributed by atoms with E-state index in [1.807, 2.05) is 23.5 Å². The van der Waals surface area contributed by atoms with Crippen LogP contribution in [0, 0.1) is 0 Å². The summed E-state index contributed by atoms with van der Waals surface area (Å²) in [5, 5.41) is 3.42. The third-order valence-electron chi connectivity index (χ3n) is 3.66. The van der Waals surface area contributed by atoms with Crippen molar-refractivity contribution in [1.82, 2.24) is 5.32 Å². The fourth-order valence-corrected chi connectivity index (χ4v) is 3.41. The molecule has 2 heterocycles. The van der Waals surface area contributed by atoms with E-state index in [-0.39, 0.29) is 0 Å². The second-order valence-corrected chi connectivity index (χ2v) is 6.38. The molecule has 1 unspecified atom stereocenters. The topological polar surface area (TPSA) is 30.5 Å². The Hall–Kier alpha value is -1.52. The molecule has 1 N–H and O–H groups in total. The summed E-state index contributed by atoms with van der Waals surface area (Å²) < 4.78 is 11.6. The SMILES string of the molecule is CCNC1COc2cc(OCc3ccc(CC)s3)ccc21. The highest BCUT2D eigenvalue weighted by molar-refractivity contribution is 7.11. The smallest absolute Gasteiger partial charge is 0.128 e. The Bertz CT molecular complexity index is 609. The number of benzene rings is 1. The molecule has 0 bridgehead atoms. The van der Waals surface area contributed by atoms with E-state index in [1.54, 1.807) is 0 Å². The zero-order valence-corrected chi connectivity index (χ0v) is 13.3. The standard InChI is InChI=1S/C17H21NO2S/c1-3-13-6-7-14(21-13)10-19-12-5-8-15-16(18-4-2)11-20-17(15)9-12/h5-9,16,18H,3-4,10-11H2,1-2H3. The quantitative estimate of drug-likeness (QED) is 0.877. The second kappa shape index (κ2) is 6.50. The molecule has 0 radical (unpaired) electrons. The van der Waals surface area contributed by atoms with Gasteiger partial charge in [-0.25, -0.2) is 0 Å². The molecule has 0 aliphatic carbocycles. The number of fused-ring (bicyclic) bond motifs is 1. The Morgan fingerprint density at radius 1 is 1.24 bits per heavy atom. The van der Waals surface area contributed by atoms with Crippen molar-refractivity contribution in [3.8, 4) is 11.5 Å². The van der Waals surface area contributed by atoms with Gasteiger partial charge in [0.2, 0.25) is 0 Å². The van der Waals surface area contributed by atoms with Gasteiger partial charge in [0, 0.05) is 21.4 Å². The van der Waals surface area contributed by atoms with Gasteiger partial charge in [0.15, 0.2) is 0 Å². The summed E-state index contributed by atoms with van der Waals surface area (Å²) in [5.41, 5.74) is 1.23. The van der Waals surface area contributed by atoms with Gasteiger partial charge in [0.1, 0.15) is 24.7 Å². The van der Waals surface area contributed by atoms with Gasteiger partial charge in [-0.3, -0.25) is 0 Å². The number of rotatable bonds is 6. The lowest BCUT2D eigenvalue weighted by molar-refractivity contribution is 0.299. The van der Waals surface area contributed by atoms with Crippen LogP contribution in [0.3, 0.4) is 0 Å². The van der Waals surface area contributed by atoms with Crippen LogP contribution in [0.1, 0.15) is 35.2 Å². The lowest BCUT2D eigenvalue weighted by Crippen LogP contribution is -2.21. The maximum atomic E-state index is 5.88. The maximum Gasteiger partial charge on any atom is 0.128 e. The number of aryl methyl sites for hydroxylation is 1. The van der Waals surface area contributed by atoms with E-state index in [0.717, 1.165) is 24.5 Å². The van der Waals surface area contributed by atoms with E-state index in [1.165, 1.54) is 15.3 Å². The fourth-order valence-electron chi connectivity index (χ4n) is 2.54. The molecule has 1 aromatic heterocycles. The van der Waals surface area contributed by atoms with E-state index in [9.17, 15) is 0 Å². The Morgan fingerprint density at radius 3 is 2.86 bits per heavy atom. The number of hydrogen-bond acceptors (Lipinski definition) is 4. The van der Waals surface area contributed by atoms with Gasteiger partial charge in [-0.2, -0.15) is 0 Å². The Balaban J connectivity index is 1.65. The first-order valence-electron chi connectivity index (χ1n) is 7.50. The molecule has 1 aromatic carbocycles. The minimum atomic E-state index is 0.309. The zero-order valence-electron chi connectivity index (χ0n) is 12.5. The minimum absolute atomic E-state index is 0.309. The predicted molar refractivity (Wildman–Crippen MR) is 86.4 cm³/mol. The molecule has 0 fully saturated rings. The van der Waals surface area contributed by atoms with E-state index < -0.39 is 0 Å². The maximum absolute atomic E-state index is 5.88. The number of nitrogens with one attached hydrogen (secondary N) is 1. The average Bonchev–Trinajstić information content (AvgIpc) is 3.12. The number of likely N-dealkylation sites (N-methyl/N-ethyl adjacent to an activating group) is 1. The lowest BCUT2D eigenvalue weighted by Gasteiger charge is -2.10. The van der Waals surface area contributed by atoms with Crippen LogP contribution in [0.5, 0.6) is 11.5 Å². The Morgan fingerprint density at radius 2 is 2.10 bits per heavy atom. The zero-order chi connectivity index (χ0) is 14.7. The molecule has 112 valence electrons. The molecule has 0 saturated carbocycles. The van der Waals surface area contributed by atoms with Crippen molar-refractivity contribution in [3.05, 3.63) is 45.6 Å². The molecule has 2 aromatic rings. The molecule has 0 amide bonds. The van der Waals surface area contributed by atoms with Gasteiger partial charge in [-0.1, -0.05) is 13.8 Å². The fraction of sp³-hybridized carbons (Fsp3) is 0.412. The van der Waals surface area contributed by atoms with Crippen LogP contribution in [0.25, 0.3) is 0 Å². The third-order valence-corrected chi connectivity index (χ3v) is 4.87. The van der Waals surface area contributed by atoms with Crippen LogP contribution >= 0.6 is 11.3 Å². The summed E-state index contributed by atoms with van der Waals surface area (Å²) in [6.45, 7) is 6.57. The first kappa shape index (κ1) is 14.4. The highest BCUT2D eigenvalue weighted by Gasteiger charge is 2.23. The largest absolute Gasteiger partial charge is 0.491 e. The summed E-state index contributed by atoms with van der Waals surface area (Å²) in [6.07, 6.45) is 1.09. The molecule has 1 atom stereocenters. The molecule has 0 spiro atoms. The van der Waals surface area contributed by atoms with Crippen LogP contribution in [-0.4, -0.2) is 13.2 Å². The van der Waals surface area contributed by atoms with Crippen molar-refractivity contribution < 1.29 is 9.47 Å². The van der Waals surface area contributed by atoms with Crippen molar-refractivity contribution in [2.45, 2.75) is 32.9 Å². The normalized spacial score (nSPS) is 16.6. The Kier molecular flexibility index (Phi) is 4.46. The van der Waals surface area contributed by atoms with Crippen molar-refractivity contribution >= 4 is 11.3 Å². The molecule has 3 nitrogen and oxygen atoms in total. The average molecular weight is 303 g/mol. The molecule has 4 heteroatoms. The minimum Gasteiger partial charge on any atom is -0.491 e. The van der Waals surface area contributed by atoms with Crippen LogP contribution in [-0.2, 0) is 13.0 Å². The van der Waals surface area contributed by atoms with E-state index in [0.29, 0.717) is 19.3 Å². The van der Waals surface area contributed by atoms with Gasteiger partial charge in [-0.05, 0) is 37.2 Å². The molecular formula is C17H21NO2S. The third kappa shape index (κ3) is 3.22. The van der Waals surface area contributed by atoms with Crippen molar-refractivity contribution in [3.63, 3.8) is 0 Å². The van der Waals surface area contributed by atoms with Crippen LogP contribution < -0.4 is 14.8 Å². The number of hydrogen-bond donors (Lipinski definition) is 1. The van der Waals surface area contributed by atoms with Crippen molar-refractivity contribution in [1.29, 1.82) is 0 Å². The summed E-state index contributed by atoms with van der Waals surface area (Å²) in [4.78, 5) is 2.66. The molecule has 3 rings (SSSR count). The molecule has 21 heavy (non-hydrogen) atoms. The van der Waals surface area contributed by atoms with E-state index in [4.69, 9.17) is 9.47 Å². The first-order valence-corrected chi connectivity index (χ1v) is 8.32. The molecule has 1 aliphatic heterocycles. The van der Waals surface area contributed by atoms with Gasteiger partial charge in [-0.15, -0.1) is 11.3 Å². The van der Waals surface area contributed by atoms with Gasteiger partial charge in [0.25, 0.3) is 0 Å². The van der Waals surface area contributed by atoms with Gasteiger partial charge >= 0.3 is 0 Å². The van der Waals surface area contributed by atoms with E-state index >= 15 is 0 Å². The molecular weight excluding hydrogens is 282 g/mol. The van der Waals surface area contributed by atoms with Crippen LogP contribution in [0.15, 0.2) is 30.3 Å². The summed E-state index contributed by atoms with van der Waals surface area (Å²) in [7, 11) is 0. The van der Waals surface area contributed by atoms with Gasteiger partial charge < -0.3 is 14.8 Å². The summed E-state index contributed by atoms with van der Waals surface area (Å²) in [5.74, 6) is 1.82. The predicted octanol–water partition coefficient (Wildman–Crippen LogP) is 3.93. The van der Waals surface area contributed by atoms with Crippen molar-refractivity contribution in [2.24, 2.45) is 0 Å². The summed E-state index contributed by atoms with van der Waals surface area (Å²) >= 11 is 1.82. The highest BCUT2D eigenvalue weighted by Crippen LogP contribution is 2.35. The number of thiophene rings is 1. The first-order chi connectivity index (χ1) is 10.3. The van der Waals surface area contributed by atoms with Crippen LogP contribution in [0.2, 0.25) is 0 Å². The molecule has 0 saturated heterocycles. The monoisotopic (exact) mass is 303 g/mol. The van der Waals surface area contributed by atoms with Crippen molar-refractivity contribution in [2.75, 3.05) is 13.2 Å². The molecule has 1 aliphatic rings. The van der Waals surface area contributed by atoms with E-state index in [2.05, 4.69) is 37.4 Å².